The summed E-state index contributed by atoms with van der Waals surface area (Å²) in [6.07, 6.45) is -0.977. The number of carbonyl (C=O) groups excluding carboxylic acids is 1. The molecule has 1 fully saturated rings. The highest BCUT2D eigenvalue weighted by Crippen LogP contribution is 2.30. The van der Waals surface area contributed by atoms with Crippen molar-refractivity contribution in [1.82, 2.24) is 4.90 Å². The van der Waals surface area contributed by atoms with Crippen molar-refractivity contribution in [2.24, 2.45) is 0 Å². The average Bonchev–Trinajstić information content (AvgIpc) is 2.68. The van der Waals surface area contributed by atoms with Crippen LogP contribution in [0.5, 0.6) is 5.75 Å². The number of ether oxygens (including phenoxy) is 2. The molecule has 0 bridgehead atoms. The van der Waals surface area contributed by atoms with E-state index in [1.807, 2.05) is 49.4 Å². The Labute approximate surface area is 152 Å². The summed E-state index contributed by atoms with van der Waals surface area (Å²) in [5.41, 5.74) is 2.30. The zero-order valence-electron chi connectivity index (χ0n) is 14.6. The van der Waals surface area contributed by atoms with Gasteiger partial charge >= 0.3 is 5.97 Å². The van der Waals surface area contributed by atoms with Crippen molar-refractivity contribution in [3.05, 3.63) is 54.1 Å². The standard InChI is InChI=1S/C20H21NO5/c1-2-25-17-9-4-3-8-16(17)14-6-5-7-15(12-14)19(22)21-10-11-26-18(13-21)20(23)24/h3-9,12,18H,2,10-11,13H2,1H3,(H,23,24). The second-order valence-electron chi connectivity index (χ2n) is 5.96. The molecular weight excluding hydrogens is 334 g/mol. The predicted octanol–water partition coefficient (Wildman–Crippen LogP) is 2.68. The molecule has 1 aliphatic heterocycles. The van der Waals surface area contributed by atoms with Crippen LogP contribution in [0.2, 0.25) is 0 Å². The van der Waals surface area contributed by atoms with Crippen LogP contribution in [-0.2, 0) is 9.53 Å². The average molecular weight is 355 g/mol. The number of para-hydroxylation sites is 1. The summed E-state index contributed by atoms with van der Waals surface area (Å²) in [4.78, 5) is 25.5. The zero-order valence-corrected chi connectivity index (χ0v) is 14.6. The first kappa shape index (κ1) is 17.9. The first-order valence-corrected chi connectivity index (χ1v) is 8.56. The SMILES string of the molecule is CCOc1ccccc1-c1cccc(C(=O)N2CCOC(C(=O)O)C2)c1. The third-order valence-electron chi connectivity index (χ3n) is 4.24. The second kappa shape index (κ2) is 8.01. The van der Waals surface area contributed by atoms with E-state index in [9.17, 15) is 9.59 Å². The van der Waals surface area contributed by atoms with Crippen molar-refractivity contribution >= 4 is 11.9 Å². The Kier molecular flexibility index (Phi) is 5.53. The van der Waals surface area contributed by atoms with Crippen LogP contribution >= 0.6 is 0 Å². The van der Waals surface area contributed by atoms with Crippen LogP contribution in [0.15, 0.2) is 48.5 Å². The summed E-state index contributed by atoms with van der Waals surface area (Å²) in [6, 6.07) is 15.0. The van der Waals surface area contributed by atoms with E-state index in [1.165, 1.54) is 4.90 Å². The van der Waals surface area contributed by atoms with E-state index >= 15 is 0 Å². The number of aliphatic carboxylic acids is 1. The van der Waals surface area contributed by atoms with Crippen LogP contribution in [0.4, 0.5) is 0 Å². The van der Waals surface area contributed by atoms with Gasteiger partial charge in [-0.05, 0) is 30.7 Å². The first-order valence-electron chi connectivity index (χ1n) is 8.56. The van der Waals surface area contributed by atoms with Crippen LogP contribution in [0.3, 0.4) is 0 Å². The molecule has 1 unspecified atom stereocenters. The number of carboxylic acids is 1. The molecule has 1 N–H and O–H groups in total. The molecule has 0 spiro atoms. The summed E-state index contributed by atoms with van der Waals surface area (Å²) in [5, 5.41) is 9.11. The Balaban J connectivity index is 1.85. The molecule has 1 atom stereocenters. The van der Waals surface area contributed by atoms with E-state index in [0.29, 0.717) is 18.7 Å². The maximum atomic E-state index is 12.8. The topological polar surface area (TPSA) is 76.1 Å². The van der Waals surface area contributed by atoms with Crippen molar-refractivity contribution in [1.29, 1.82) is 0 Å². The molecule has 0 aliphatic carbocycles. The van der Waals surface area contributed by atoms with Gasteiger partial charge in [0.1, 0.15) is 5.75 Å². The first-order chi connectivity index (χ1) is 12.6. The maximum absolute atomic E-state index is 12.8. The van der Waals surface area contributed by atoms with E-state index in [4.69, 9.17) is 14.6 Å². The number of carboxylic acid groups (broad SMARTS) is 1. The van der Waals surface area contributed by atoms with Gasteiger partial charge in [0.2, 0.25) is 0 Å². The molecule has 0 aromatic heterocycles. The lowest BCUT2D eigenvalue weighted by Gasteiger charge is -2.31. The van der Waals surface area contributed by atoms with Gasteiger partial charge in [-0.1, -0.05) is 30.3 Å². The minimum Gasteiger partial charge on any atom is -0.493 e. The number of hydrogen-bond donors (Lipinski definition) is 1. The number of hydrogen-bond acceptors (Lipinski definition) is 4. The van der Waals surface area contributed by atoms with Crippen molar-refractivity contribution < 1.29 is 24.2 Å². The van der Waals surface area contributed by atoms with Gasteiger partial charge in [-0.25, -0.2) is 4.79 Å². The summed E-state index contributed by atoms with van der Waals surface area (Å²) in [5.74, 6) is -0.492. The maximum Gasteiger partial charge on any atom is 0.334 e. The molecule has 26 heavy (non-hydrogen) atoms. The molecule has 0 saturated carbocycles. The largest absolute Gasteiger partial charge is 0.493 e. The Morgan fingerprint density at radius 3 is 2.81 bits per heavy atom. The van der Waals surface area contributed by atoms with Crippen LogP contribution in [-0.4, -0.2) is 54.3 Å². The van der Waals surface area contributed by atoms with E-state index in [-0.39, 0.29) is 19.1 Å². The van der Waals surface area contributed by atoms with Gasteiger partial charge in [0.25, 0.3) is 5.91 Å². The molecule has 1 heterocycles. The smallest absolute Gasteiger partial charge is 0.334 e. The molecule has 0 radical (unpaired) electrons. The van der Waals surface area contributed by atoms with Crippen molar-refractivity contribution in [3.8, 4) is 16.9 Å². The van der Waals surface area contributed by atoms with E-state index in [1.54, 1.807) is 6.07 Å². The van der Waals surface area contributed by atoms with Crippen molar-refractivity contribution in [3.63, 3.8) is 0 Å². The highest BCUT2D eigenvalue weighted by atomic mass is 16.5. The minimum absolute atomic E-state index is 0.0495. The van der Waals surface area contributed by atoms with Gasteiger partial charge in [-0.3, -0.25) is 4.79 Å². The van der Waals surface area contributed by atoms with Gasteiger partial charge in [0, 0.05) is 17.7 Å². The molecule has 136 valence electrons. The summed E-state index contributed by atoms with van der Waals surface area (Å²) < 4.78 is 10.9. The molecule has 1 amide bonds. The summed E-state index contributed by atoms with van der Waals surface area (Å²) in [7, 11) is 0. The summed E-state index contributed by atoms with van der Waals surface area (Å²) in [6.45, 7) is 3.12. The van der Waals surface area contributed by atoms with E-state index in [2.05, 4.69) is 0 Å². The number of benzene rings is 2. The third-order valence-corrected chi connectivity index (χ3v) is 4.24. The number of nitrogens with zero attached hydrogens (tertiary/aromatic N) is 1. The third kappa shape index (κ3) is 3.86. The molecule has 1 saturated heterocycles. The van der Waals surface area contributed by atoms with Gasteiger partial charge in [0.15, 0.2) is 6.10 Å². The highest BCUT2D eigenvalue weighted by molar-refractivity contribution is 5.96. The highest BCUT2D eigenvalue weighted by Gasteiger charge is 2.29. The lowest BCUT2D eigenvalue weighted by Crippen LogP contribution is -2.48. The quantitative estimate of drug-likeness (QED) is 0.892. The fourth-order valence-electron chi connectivity index (χ4n) is 2.97. The predicted molar refractivity (Wildman–Crippen MR) is 96.3 cm³/mol. The van der Waals surface area contributed by atoms with Crippen LogP contribution in [0.1, 0.15) is 17.3 Å². The van der Waals surface area contributed by atoms with E-state index in [0.717, 1.165) is 16.9 Å². The molecule has 2 aromatic carbocycles. The Morgan fingerprint density at radius 1 is 1.23 bits per heavy atom. The molecule has 1 aliphatic rings. The number of amides is 1. The molecule has 3 rings (SSSR count). The van der Waals surface area contributed by atoms with Gasteiger partial charge in [-0.2, -0.15) is 0 Å². The van der Waals surface area contributed by atoms with E-state index < -0.39 is 12.1 Å². The Morgan fingerprint density at radius 2 is 2.04 bits per heavy atom. The fourth-order valence-corrected chi connectivity index (χ4v) is 2.97. The minimum atomic E-state index is -1.05. The monoisotopic (exact) mass is 355 g/mol. The number of morpholine rings is 1. The molecule has 6 nitrogen and oxygen atoms in total. The number of carbonyl (C=O) groups is 2. The van der Waals surface area contributed by atoms with Gasteiger partial charge < -0.3 is 19.5 Å². The lowest BCUT2D eigenvalue weighted by molar-refractivity contribution is -0.154. The summed E-state index contributed by atoms with van der Waals surface area (Å²) >= 11 is 0. The second-order valence-corrected chi connectivity index (χ2v) is 5.96. The molecule has 2 aromatic rings. The Hall–Kier alpha value is -2.86. The zero-order chi connectivity index (χ0) is 18.5. The van der Waals surface area contributed by atoms with Crippen molar-refractivity contribution in [2.75, 3.05) is 26.3 Å². The molecule has 6 heteroatoms. The number of rotatable bonds is 5. The Bertz CT molecular complexity index is 804. The molecular formula is C20H21NO5. The fraction of sp³-hybridized carbons (Fsp3) is 0.300. The van der Waals surface area contributed by atoms with Crippen LogP contribution in [0.25, 0.3) is 11.1 Å². The van der Waals surface area contributed by atoms with Crippen LogP contribution < -0.4 is 4.74 Å². The van der Waals surface area contributed by atoms with Crippen molar-refractivity contribution in [2.45, 2.75) is 13.0 Å². The van der Waals surface area contributed by atoms with Crippen LogP contribution in [0, 0.1) is 0 Å². The van der Waals surface area contributed by atoms with Gasteiger partial charge in [-0.15, -0.1) is 0 Å². The van der Waals surface area contributed by atoms with Gasteiger partial charge in [0.05, 0.1) is 19.8 Å². The normalized spacial score (nSPS) is 17.0. The lowest BCUT2D eigenvalue weighted by atomic mass is 10.0.